The van der Waals surface area contributed by atoms with Crippen LogP contribution in [0.2, 0.25) is 0 Å². The first kappa shape index (κ1) is 12.5. The molecule has 0 aliphatic rings. The van der Waals surface area contributed by atoms with Gasteiger partial charge in [0.15, 0.2) is 0 Å². The number of aryl methyl sites for hydroxylation is 1. The molecule has 94 valence electrons. The lowest BCUT2D eigenvalue weighted by Crippen LogP contribution is -2.04. The Bertz CT molecular complexity index is 531. The van der Waals surface area contributed by atoms with Crippen molar-refractivity contribution in [3.05, 3.63) is 36.0 Å². The lowest BCUT2D eigenvalue weighted by atomic mass is 10.1. The summed E-state index contributed by atoms with van der Waals surface area (Å²) in [7, 11) is 0. The average molecular weight is 243 g/mol. The van der Waals surface area contributed by atoms with Gasteiger partial charge in [0.25, 0.3) is 0 Å². The Morgan fingerprint density at radius 1 is 1.28 bits per heavy atom. The quantitative estimate of drug-likeness (QED) is 0.811. The van der Waals surface area contributed by atoms with E-state index >= 15 is 0 Å². The van der Waals surface area contributed by atoms with Gasteiger partial charge in [-0.3, -0.25) is 0 Å². The largest absolute Gasteiger partial charge is 0.300 e. The number of hydrogen-bond donors (Lipinski definition) is 0. The molecule has 4 heteroatoms. The Morgan fingerprint density at radius 2 is 2.00 bits per heavy atom. The maximum atomic E-state index is 10.9. The van der Waals surface area contributed by atoms with Crippen molar-refractivity contribution in [2.45, 2.75) is 33.2 Å². The Kier molecular flexibility index (Phi) is 3.87. The molecular weight excluding hydrogens is 226 g/mol. The number of aromatic nitrogens is 3. The summed E-state index contributed by atoms with van der Waals surface area (Å²) in [6.45, 7) is 4.37. The molecule has 2 aromatic rings. The maximum Gasteiger partial charge on any atom is 0.129 e. The van der Waals surface area contributed by atoms with Crippen molar-refractivity contribution in [2.75, 3.05) is 0 Å². The number of ketones is 1. The van der Waals surface area contributed by atoms with Crippen LogP contribution < -0.4 is 0 Å². The second-order valence-corrected chi connectivity index (χ2v) is 4.42. The van der Waals surface area contributed by atoms with Crippen LogP contribution in [0.5, 0.6) is 0 Å². The normalized spacial score (nSPS) is 10.6. The van der Waals surface area contributed by atoms with Crippen LogP contribution in [0.15, 0.2) is 30.3 Å². The first-order chi connectivity index (χ1) is 8.68. The topological polar surface area (TPSA) is 47.8 Å². The highest BCUT2D eigenvalue weighted by Gasteiger charge is 2.09. The number of Topliss-reactive ketones (excluding diaryl/α,β-unsaturated/α-hetero) is 1. The van der Waals surface area contributed by atoms with Crippen molar-refractivity contribution in [2.24, 2.45) is 0 Å². The van der Waals surface area contributed by atoms with E-state index in [2.05, 4.69) is 10.3 Å². The summed E-state index contributed by atoms with van der Waals surface area (Å²) in [5.41, 5.74) is 3.04. The third-order valence-corrected chi connectivity index (χ3v) is 2.93. The van der Waals surface area contributed by atoms with Gasteiger partial charge in [0, 0.05) is 18.5 Å². The highest BCUT2D eigenvalue weighted by molar-refractivity contribution is 5.75. The molecule has 0 unspecified atom stereocenters. The van der Waals surface area contributed by atoms with Crippen LogP contribution in [0.25, 0.3) is 11.3 Å². The molecule has 0 saturated carbocycles. The van der Waals surface area contributed by atoms with E-state index in [-0.39, 0.29) is 5.78 Å². The predicted molar refractivity (Wildman–Crippen MR) is 70.1 cm³/mol. The van der Waals surface area contributed by atoms with E-state index in [1.54, 1.807) is 6.92 Å². The van der Waals surface area contributed by atoms with Crippen molar-refractivity contribution < 1.29 is 4.79 Å². The standard InChI is InChI=1S/C14H17N3O/c1-11(18)7-6-10-17-12(2)14(15-16-17)13-8-4-3-5-9-13/h3-5,8-9H,6-7,10H2,1-2H3. The summed E-state index contributed by atoms with van der Waals surface area (Å²) in [4.78, 5) is 10.9. The van der Waals surface area contributed by atoms with Crippen LogP contribution in [0, 0.1) is 6.92 Å². The predicted octanol–water partition coefficient (Wildman–Crippen LogP) is 2.62. The molecule has 0 amide bonds. The smallest absolute Gasteiger partial charge is 0.129 e. The minimum Gasteiger partial charge on any atom is -0.300 e. The first-order valence-electron chi connectivity index (χ1n) is 6.13. The summed E-state index contributed by atoms with van der Waals surface area (Å²) in [6.07, 6.45) is 1.41. The minimum absolute atomic E-state index is 0.219. The van der Waals surface area contributed by atoms with Crippen molar-refractivity contribution in [1.82, 2.24) is 15.0 Å². The summed E-state index contributed by atoms with van der Waals surface area (Å²) in [5.74, 6) is 0.219. The third-order valence-electron chi connectivity index (χ3n) is 2.93. The molecule has 2 rings (SSSR count). The van der Waals surface area contributed by atoms with Gasteiger partial charge in [0.05, 0.1) is 5.69 Å². The van der Waals surface area contributed by atoms with Crippen LogP contribution in [0.4, 0.5) is 0 Å². The molecule has 0 N–H and O–H groups in total. The second-order valence-electron chi connectivity index (χ2n) is 4.42. The van der Waals surface area contributed by atoms with E-state index in [1.165, 1.54) is 0 Å². The van der Waals surface area contributed by atoms with Gasteiger partial charge in [-0.1, -0.05) is 35.5 Å². The lowest BCUT2D eigenvalue weighted by Gasteiger charge is -2.02. The Hall–Kier alpha value is -1.97. The Morgan fingerprint density at radius 3 is 2.67 bits per heavy atom. The Labute approximate surface area is 107 Å². The van der Waals surface area contributed by atoms with E-state index in [0.717, 1.165) is 29.9 Å². The average Bonchev–Trinajstić information content (AvgIpc) is 2.72. The highest BCUT2D eigenvalue weighted by atomic mass is 16.1. The minimum atomic E-state index is 0.219. The summed E-state index contributed by atoms with van der Waals surface area (Å²) in [6, 6.07) is 10.0. The first-order valence-corrected chi connectivity index (χ1v) is 6.13. The van der Waals surface area contributed by atoms with Gasteiger partial charge in [0.1, 0.15) is 11.5 Å². The highest BCUT2D eigenvalue weighted by Crippen LogP contribution is 2.19. The number of rotatable bonds is 5. The monoisotopic (exact) mass is 243 g/mol. The summed E-state index contributed by atoms with van der Waals surface area (Å²) >= 11 is 0. The van der Waals surface area contributed by atoms with Gasteiger partial charge in [-0.05, 0) is 20.3 Å². The van der Waals surface area contributed by atoms with Gasteiger partial charge in [0.2, 0.25) is 0 Å². The molecule has 0 aliphatic carbocycles. The van der Waals surface area contributed by atoms with Gasteiger partial charge in [-0.25, -0.2) is 4.68 Å². The van der Waals surface area contributed by atoms with Gasteiger partial charge < -0.3 is 4.79 Å². The molecule has 0 saturated heterocycles. The van der Waals surface area contributed by atoms with Crippen LogP contribution in [-0.2, 0) is 11.3 Å². The van der Waals surface area contributed by atoms with E-state index in [4.69, 9.17) is 0 Å². The van der Waals surface area contributed by atoms with Crippen molar-refractivity contribution in [1.29, 1.82) is 0 Å². The van der Waals surface area contributed by atoms with Crippen LogP contribution in [0.3, 0.4) is 0 Å². The van der Waals surface area contributed by atoms with Crippen LogP contribution in [-0.4, -0.2) is 20.8 Å². The molecular formula is C14H17N3O. The van der Waals surface area contributed by atoms with Gasteiger partial charge in [-0.2, -0.15) is 0 Å². The summed E-state index contributed by atoms with van der Waals surface area (Å²) < 4.78 is 1.87. The zero-order valence-corrected chi connectivity index (χ0v) is 10.8. The van der Waals surface area contributed by atoms with Crippen molar-refractivity contribution in [3.8, 4) is 11.3 Å². The zero-order chi connectivity index (χ0) is 13.0. The van der Waals surface area contributed by atoms with E-state index in [1.807, 2.05) is 41.9 Å². The fraction of sp³-hybridized carbons (Fsp3) is 0.357. The Balaban J connectivity index is 2.12. The van der Waals surface area contributed by atoms with E-state index < -0.39 is 0 Å². The summed E-state index contributed by atoms with van der Waals surface area (Å²) in [5, 5.41) is 8.36. The van der Waals surface area contributed by atoms with Crippen molar-refractivity contribution in [3.63, 3.8) is 0 Å². The molecule has 0 fully saturated rings. The van der Waals surface area contributed by atoms with E-state index in [0.29, 0.717) is 6.42 Å². The second kappa shape index (κ2) is 5.58. The van der Waals surface area contributed by atoms with E-state index in [9.17, 15) is 4.79 Å². The SMILES string of the molecule is CC(=O)CCCn1nnc(-c2ccccc2)c1C. The third kappa shape index (κ3) is 2.83. The molecule has 0 radical (unpaired) electrons. The molecule has 18 heavy (non-hydrogen) atoms. The zero-order valence-electron chi connectivity index (χ0n) is 10.8. The number of benzene rings is 1. The van der Waals surface area contributed by atoms with Crippen LogP contribution >= 0.6 is 0 Å². The van der Waals surface area contributed by atoms with Gasteiger partial charge >= 0.3 is 0 Å². The maximum absolute atomic E-state index is 10.9. The van der Waals surface area contributed by atoms with Crippen LogP contribution in [0.1, 0.15) is 25.5 Å². The fourth-order valence-corrected chi connectivity index (χ4v) is 1.91. The molecule has 0 bridgehead atoms. The molecule has 1 heterocycles. The fourth-order valence-electron chi connectivity index (χ4n) is 1.91. The molecule has 1 aromatic heterocycles. The number of carbonyl (C=O) groups excluding carboxylic acids is 1. The number of nitrogens with zero attached hydrogens (tertiary/aromatic N) is 3. The molecule has 4 nitrogen and oxygen atoms in total. The number of hydrogen-bond acceptors (Lipinski definition) is 3. The molecule has 0 spiro atoms. The molecule has 0 aliphatic heterocycles. The number of carbonyl (C=O) groups is 1. The van der Waals surface area contributed by atoms with Gasteiger partial charge in [-0.15, -0.1) is 5.10 Å². The molecule has 0 atom stereocenters. The van der Waals surface area contributed by atoms with Crippen molar-refractivity contribution >= 4 is 5.78 Å². The lowest BCUT2D eigenvalue weighted by molar-refractivity contribution is -0.117. The molecule has 1 aromatic carbocycles.